The number of ketones is 2. The molecule has 0 aromatic heterocycles. The third-order valence-corrected chi connectivity index (χ3v) is 3.95. The van der Waals surface area contributed by atoms with E-state index in [9.17, 15) is 14.4 Å². The zero-order chi connectivity index (χ0) is 14.9. The highest BCUT2D eigenvalue weighted by Gasteiger charge is 2.61. The van der Waals surface area contributed by atoms with Gasteiger partial charge in [0.05, 0.1) is 6.61 Å². The van der Waals surface area contributed by atoms with Gasteiger partial charge in [0, 0.05) is 11.1 Å². The Labute approximate surface area is 131 Å². The fourth-order valence-electron chi connectivity index (χ4n) is 2.08. The molecule has 0 amide bonds. The summed E-state index contributed by atoms with van der Waals surface area (Å²) < 4.78 is 2.73. The molecule has 0 fully saturated rings. The number of Topliss-reactive ketones (excluding diaryl/α,β-unsaturated/α-hetero) is 2. The molecule has 0 bridgehead atoms. The number of rotatable bonds is 3. The lowest BCUT2D eigenvalue weighted by Gasteiger charge is -2.21. The third kappa shape index (κ3) is 2.54. The Balaban J connectivity index is 0.00000220. The molecule has 0 spiro atoms. The molecule has 0 saturated heterocycles. The summed E-state index contributed by atoms with van der Waals surface area (Å²) in [6.07, 6.45) is 0. The number of benzene rings is 1. The standard InChI is InChI=1S/C13H12N2O4S.ClH/c1-2-19-11(18)13(20-12(14)15)9(16)7-5-3-4-6-8(7)10(13)17;/h3-6H,2H2,1H3,(H3,14,15);1H. The lowest BCUT2D eigenvalue weighted by molar-refractivity contribution is -0.143. The van der Waals surface area contributed by atoms with Gasteiger partial charge >= 0.3 is 5.97 Å². The van der Waals surface area contributed by atoms with Crippen molar-refractivity contribution in [3.05, 3.63) is 35.4 Å². The predicted octanol–water partition coefficient (Wildman–Crippen LogP) is 1.42. The van der Waals surface area contributed by atoms with E-state index in [2.05, 4.69) is 0 Å². The van der Waals surface area contributed by atoms with Crippen LogP contribution < -0.4 is 5.73 Å². The smallest absolute Gasteiger partial charge is 0.338 e. The van der Waals surface area contributed by atoms with E-state index in [1.165, 1.54) is 12.1 Å². The van der Waals surface area contributed by atoms with Crippen LogP contribution in [0.2, 0.25) is 0 Å². The largest absolute Gasteiger partial charge is 0.464 e. The summed E-state index contributed by atoms with van der Waals surface area (Å²) in [5.41, 5.74) is 5.59. The molecule has 0 heterocycles. The van der Waals surface area contributed by atoms with E-state index in [-0.39, 0.29) is 30.1 Å². The molecule has 0 saturated carbocycles. The van der Waals surface area contributed by atoms with Crippen LogP contribution in [0.1, 0.15) is 27.6 Å². The van der Waals surface area contributed by atoms with Crippen molar-refractivity contribution < 1.29 is 19.1 Å². The second kappa shape index (κ2) is 6.28. The van der Waals surface area contributed by atoms with E-state index >= 15 is 0 Å². The lowest BCUT2D eigenvalue weighted by atomic mass is 10.0. The summed E-state index contributed by atoms with van der Waals surface area (Å²) in [6, 6.07) is 6.14. The van der Waals surface area contributed by atoms with Crippen molar-refractivity contribution >= 4 is 46.9 Å². The van der Waals surface area contributed by atoms with Gasteiger partial charge in [-0.25, -0.2) is 4.79 Å². The molecule has 21 heavy (non-hydrogen) atoms. The second-order valence-corrected chi connectivity index (χ2v) is 5.33. The number of nitrogens with two attached hydrogens (primary N) is 1. The van der Waals surface area contributed by atoms with Crippen LogP contribution in [0.25, 0.3) is 0 Å². The summed E-state index contributed by atoms with van der Waals surface area (Å²) in [6.45, 7) is 1.59. The fraction of sp³-hybridized carbons (Fsp3) is 0.231. The number of fused-ring (bicyclic) bond motifs is 1. The Kier molecular flexibility index (Phi) is 5.14. The highest BCUT2D eigenvalue weighted by atomic mass is 35.5. The van der Waals surface area contributed by atoms with Gasteiger partial charge in [-0.15, -0.1) is 12.4 Å². The first kappa shape index (κ1) is 17.2. The van der Waals surface area contributed by atoms with Gasteiger partial charge in [0.25, 0.3) is 0 Å². The number of hydrogen-bond acceptors (Lipinski definition) is 6. The van der Waals surface area contributed by atoms with E-state index in [0.29, 0.717) is 11.8 Å². The minimum Gasteiger partial charge on any atom is -0.464 e. The maximum atomic E-state index is 12.5. The maximum absolute atomic E-state index is 12.5. The van der Waals surface area contributed by atoms with Gasteiger partial charge in [0.2, 0.25) is 4.75 Å². The molecule has 0 aliphatic heterocycles. The van der Waals surface area contributed by atoms with E-state index < -0.39 is 27.5 Å². The molecule has 0 unspecified atom stereocenters. The molecule has 6 nitrogen and oxygen atoms in total. The maximum Gasteiger partial charge on any atom is 0.338 e. The third-order valence-electron chi connectivity index (χ3n) is 2.88. The van der Waals surface area contributed by atoms with E-state index in [1.54, 1.807) is 19.1 Å². The predicted molar refractivity (Wildman–Crippen MR) is 81.2 cm³/mol. The first-order valence-corrected chi connectivity index (χ1v) is 6.65. The Morgan fingerprint density at radius 3 is 2.14 bits per heavy atom. The molecule has 112 valence electrons. The topological polar surface area (TPSA) is 110 Å². The minimum absolute atomic E-state index is 0. The molecule has 2 rings (SSSR count). The van der Waals surface area contributed by atoms with Gasteiger partial charge in [-0.3, -0.25) is 15.0 Å². The number of amidine groups is 1. The molecule has 3 N–H and O–H groups in total. The highest BCUT2D eigenvalue weighted by Crippen LogP contribution is 2.41. The number of hydrogen-bond donors (Lipinski definition) is 2. The van der Waals surface area contributed by atoms with Crippen LogP contribution in [0.5, 0.6) is 0 Å². The van der Waals surface area contributed by atoms with Crippen LogP contribution in [0.15, 0.2) is 24.3 Å². The number of carbonyl (C=O) groups is 3. The Morgan fingerprint density at radius 1 is 1.29 bits per heavy atom. The van der Waals surface area contributed by atoms with Crippen LogP contribution in [-0.2, 0) is 9.53 Å². The number of halogens is 1. The minimum atomic E-state index is -2.12. The zero-order valence-electron chi connectivity index (χ0n) is 11.0. The fourth-order valence-corrected chi connectivity index (χ4v) is 2.96. The molecule has 8 heteroatoms. The van der Waals surface area contributed by atoms with Crippen LogP contribution in [0, 0.1) is 5.41 Å². The molecule has 0 atom stereocenters. The molecule has 1 aliphatic carbocycles. The Bertz CT molecular complexity index is 597. The normalized spacial score (nSPS) is 15.1. The highest BCUT2D eigenvalue weighted by molar-refractivity contribution is 8.16. The summed E-state index contributed by atoms with van der Waals surface area (Å²) in [7, 11) is 0. The van der Waals surface area contributed by atoms with Gasteiger partial charge in [-0.2, -0.15) is 0 Å². The molecular formula is C13H13ClN2O4S. The van der Waals surface area contributed by atoms with Crippen LogP contribution >= 0.6 is 24.2 Å². The quantitative estimate of drug-likeness (QED) is 0.376. The van der Waals surface area contributed by atoms with Crippen molar-refractivity contribution in [2.24, 2.45) is 5.73 Å². The Hall–Kier alpha value is -1.86. The summed E-state index contributed by atoms with van der Waals surface area (Å²) >= 11 is 0.418. The average Bonchev–Trinajstić information content (AvgIpc) is 2.62. The monoisotopic (exact) mass is 328 g/mol. The van der Waals surface area contributed by atoms with E-state index in [4.69, 9.17) is 15.9 Å². The van der Waals surface area contributed by atoms with Crippen molar-refractivity contribution in [1.82, 2.24) is 0 Å². The Morgan fingerprint density at radius 2 is 1.76 bits per heavy atom. The van der Waals surface area contributed by atoms with Crippen LogP contribution in [0.4, 0.5) is 0 Å². The summed E-state index contributed by atoms with van der Waals surface area (Å²) in [5.74, 6) is -2.35. The number of esters is 1. The van der Waals surface area contributed by atoms with E-state index in [1.807, 2.05) is 0 Å². The molecule has 1 aromatic carbocycles. The zero-order valence-corrected chi connectivity index (χ0v) is 12.7. The second-order valence-electron chi connectivity index (χ2n) is 4.07. The number of ether oxygens (including phenoxy) is 1. The van der Waals surface area contributed by atoms with Crippen LogP contribution in [-0.4, -0.2) is 34.1 Å². The van der Waals surface area contributed by atoms with Crippen molar-refractivity contribution in [1.29, 1.82) is 5.41 Å². The first-order chi connectivity index (χ1) is 9.45. The van der Waals surface area contributed by atoms with Crippen molar-refractivity contribution in [3.8, 4) is 0 Å². The van der Waals surface area contributed by atoms with Gasteiger partial charge in [0.15, 0.2) is 16.7 Å². The summed E-state index contributed by atoms with van der Waals surface area (Å²) in [4.78, 5) is 37.1. The van der Waals surface area contributed by atoms with Crippen molar-refractivity contribution in [2.75, 3.05) is 6.61 Å². The van der Waals surface area contributed by atoms with Gasteiger partial charge < -0.3 is 10.5 Å². The van der Waals surface area contributed by atoms with Gasteiger partial charge in [-0.1, -0.05) is 36.0 Å². The number of nitrogens with one attached hydrogen (secondary N) is 1. The molecular weight excluding hydrogens is 316 g/mol. The van der Waals surface area contributed by atoms with Gasteiger partial charge in [-0.05, 0) is 6.92 Å². The van der Waals surface area contributed by atoms with Crippen molar-refractivity contribution in [2.45, 2.75) is 11.7 Å². The average molecular weight is 329 g/mol. The van der Waals surface area contributed by atoms with E-state index in [0.717, 1.165) is 0 Å². The number of carbonyl (C=O) groups excluding carboxylic acids is 3. The van der Waals surface area contributed by atoms with Gasteiger partial charge in [0.1, 0.15) is 0 Å². The van der Waals surface area contributed by atoms with Crippen LogP contribution in [0.3, 0.4) is 0 Å². The van der Waals surface area contributed by atoms with Crippen molar-refractivity contribution in [3.63, 3.8) is 0 Å². The summed E-state index contributed by atoms with van der Waals surface area (Å²) in [5, 5.41) is 6.83. The molecule has 1 aliphatic rings. The first-order valence-electron chi connectivity index (χ1n) is 5.84. The molecule has 0 radical (unpaired) electrons. The molecule has 1 aromatic rings. The SMILES string of the molecule is CCOC(=O)C1(SC(=N)N)C(=O)c2ccccc2C1=O.Cl. The number of thioether (sulfide) groups is 1. The lowest BCUT2D eigenvalue weighted by Crippen LogP contribution is -2.48.